The first-order valence-electron chi connectivity index (χ1n) is 11.2. The fourth-order valence-corrected chi connectivity index (χ4v) is 4.05. The Bertz CT molecular complexity index is 1370. The molecule has 7 nitrogen and oxygen atoms in total. The van der Waals surface area contributed by atoms with E-state index in [1.165, 1.54) is 10.8 Å². The van der Waals surface area contributed by atoms with Crippen LogP contribution in [0.3, 0.4) is 0 Å². The zero-order valence-corrected chi connectivity index (χ0v) is 20.0. The van der Waals surface area contributed by atoms with E-state index in [0.29, 0.717) is 22.0 Å². The molecule has 176 valence electrons. The molecule has 0 saturated carbocycles. The molecule has 0 radical (unpaired) electrons. The fraction of sp³-hybridized carbons (Fsp3) is 0.296. The quantitative estimate of drug-likeness (QED) is 0.342. The molecular weight excluding hydrogens is 432 g/mol. The minimum absolute atomic E-state index is 0.126. The van der Waals surface area contributed by atoms with Crippen LogP contribution in [0.2, 0.25) is 0 Å². The molecule has 0 aliphatic rings. The van der Waals surface area contributed by atoms with Gasteiger partial charge < -0.3 is 14.2 Å². The molecule has 0 fully saturated rings. The summed E-state index contributed by atoms with van der Waals surface area (Å²) in [6, 6.07) is 15.8. The minimum atomic E-state index is -0.683. The molecule has 2 aromatic carbocycles. The van der Waals surface area contributed by atoms with Gasteiger partial charge in [-0.2, -0.15) is 0 Å². The van der Waals surface area contributed by atoms with Crippen LogP contribution in [-0.2, 0) is 20.8 Å². The third-order valence-corrected chi connectivity index (χ3v) is 5.35. The van der Waals surface area contributed by atoms with Gasteiger partial charge in [0.05, 0.1) is 30.4 Å². The number of fused-ring (bicyclic) bond motifs is 3. The SMILES string of the molecule is CCOC(=O)c1ncc2c(c1COC)c1cc(-c3ccccc3)ccc1n2C(=O)OC(C)(C)C. The Labute approximate surface area is 198 Å². The largest absolute Gasteiger partial charge is 0.461 e. The maximum Gasteiger partial charge on any atom is 0.419 e. The van der Waals surface area contributed by atoms with E-state index < -0.39 is 17.7 Å². The van der Waals surface area contributed by atoms with Gasteiger partial charge in [0.15, 0.2) is 5.69 Å². The van der Waals surface area contributed by atoms with Crippen molar-refractivity contribution in [2.24, 2.45) is 0 Å². The predicted molar refractivity (Wildman–Crippen MR) is 131 cm³/mol. The van der Waals surface area contributed by atoms with Gasteiger partial charge in [0.25, 0.3) is 0 Å². The third kappa shape index (κ3) is 4.39. The van der Waals surface area contributed by atoms with E-state index in [9.17, 15) is 9.59 Å². The number of hydrogen-bond acceptors (Lipinski definition) is 6. The van der Waals surface area contributed by atoms with Gasteiger partial charge >= 0.3 is 12.1 Å². The van der Waals surface area contributed by atoms with E-state index in [1.54, 1.807) is 14.0 Å². The van der Waals surface area contributed by atoms with E-state index in [2.05, 4.69) is 4.98 Å². The van der Waals surface area contributed by atoms with E-state index in [0.717, 1.165) is 16.5 Å². The van der Waals surface area contributed by atoms with Gasteiger partial charge in [-0.15, -0.1) is 0 Å². The number of nitrogens with zero attached hydrogens (tertiary/aromatic N) is 2. The van der Waals surface area contributed by atoms with E-state index in [1.807, 2.05) is 69.3 Å². The molecular formula is C27H28N2O5. The monoisotopic (exact) mass is 460 g/mol. The van der Waals surface area contributed by atoms with Gasteiger partial charge in [-0.1, -0.05) is 36.4 Å². The van der Waals surface area contributed by atoms with Crippen molar-refractivity contribution in [3.63, 3.8) is 0 Å². The highest BCUT2D eigenvalue weighted by Crippen LogP contribution is 2.36. The van der Waals surface area contributed by atoms with Gasteiger partial charge in [0.1, 0.15) is 5.60 Å². The first kappa shape index (κ1) is 23.4. The molecule has 0 spiro atoms. The molecule has 7 heteroatoms. The lowest BCUT2D eigenvalue weighted by Crippen LogP contribution is -2.27. The molecule has 2 heterocycles. The molecule has 4 aromatic rings. The molecule has 0 aliphatic carbocycles. The lowest BCUT2D eigenvalue weighted by molar-refractivity contribution is 0.0513. The van der Waals surface area contributed by atoms with Crippen LogP contribution in [0.25, 0.3) is 32.9 Å². The number of esters is 1. The van der Waals surface area contributed by atoms with Crippen LogP contribution in [0.4, 0.5) is 4.79 Å². The second kappa shape index (κ2) is 9.27. The second-order valence-electron chi connectivity index (χ2n) is 8.91. The van der Waals surface area contributed by atoms with Gasteiger partial charge in [0, 0.05) is 23.4 Å². The summed E-state index contributed by atoms with van der Waals surface area (Å²) in [7, 11) is 1.55. The molecule has 2 aromatic heterocycles. The maximum absolute atomic E-state index is 13.3. The van der Waals surface area contributed by atoms with Gasteiger partial charge in [0.2, 0.25) is 0 Å². The van der Waals surface area contributed by atoms with Gasteiger partial charge in [-0.3, -0.25) is 0 Å². The summed E-state index contributed by atoms with van der Waals surface area (Å²) in [4.78, 5) is 30.4. The number of aromatic nitrogens is 2. The zero-order valence-electron chi connectivity index (χ0n) is 20.0. The summed E-state index contributed by atoms with van der Waals surface area (Å²) < 4.78 is 17.9. The Morgan fingerprint density at radius 3 is 2.38 bits per heavy atom. The summed E-state index contributed by atoms with van der Waals surface area (Å²) >= 11 is 0. The Morgan fingerprint density at radius 2 is 1.74 bits per heavy atom. The van der Waals surface area contributed by atoms with Gasteiger partial charge in [-0.25, -0.2) is 19.1 Å². The summed E-state index contributed by atoms with van der Waals surface area (Å²) in [6.07, 6.45) is 1.00. The number of carbonyl (C=O) groups is 2. The smallest absolute Gasteiger partial charge is 0.419 e. The third-order valence-electron chi connectivity index (χ3n) is 5.35. The normalized spacial score (nSPS) is 11.7. The van der Waals surface area contributed by atoms with Gasteiger partial charge in [-0.05, 0) is 51.0 Å². The summed E-state index contributed by atoms with van der Waals surface area (Å²) in [5, 5.41) is 1.50. The molecule has 34 heavy (non-hydrogen) atoms. The lowest BCUT2D eigenvalue weighted by Gasteiger charge is -2.20. The summed E-state index contributed by atoms with van der Waals surface area (Å²) in [5.41, 5.74) is 3.27. The van der Waals surface area contributed by atoms with Crippen molar-refractivity contribution in [2.75, 3.05) is 13.7 Å². The van der Waals surface area contributed by atoms with Crippen LogP contribution >= 0.6 is 0 Å². The standard InChI is InChI=1S/C27H28N2O5/c1-6-33-25(30)24-20(16-32-5)23-19-14-18(17-10-8-7-9-11-17)12-13-21(19)29(22(23)15-28-24)26(31)34-27(2,3)4/h7-15H,6,16H2,1-5H3. The summed E-state index contributed by atoms with van der Waals surface area (Å²) in [5.74, 6) is -0.533. The second-order valence-corrected chi connectivity index (χ2v) is 8.91. The number of hydrogen-bond donors (Lipinski definition) is 0. The molecule has 0 bridgehead atoms. The van der Waals surface area contributed by atoms with Crippen molar-refractivity contribution in [1.29, 1.82) is 0 Å². The molecule has 0 N–H and O–H groups in total. The van der Waals surface area contributed by atoms with Crippen molar-refractivity contribution >= 4 is 33.9 Å². The number of pyridine rings is 1. The number of benzene rings is 2. The highest BCUT2D eigenvalue weighted by atomic mass is 16.6. The van der Waals surface area contributed by atoms with Crippen molar-refractivity contribution in [2.45, 2.75) is 39.9 Å². The van der Waals surface area contributed by atoms with E-state index in [-0.39, 0.29) is 18.9 Å². The fourth-order valence-electron chi connectivity index (χ4n) is 4.05. The number of methoxy groups -OCH3 is 1. The van der Waals surface area contributed by atoms with Crippen LogP contribution in [0, 0.1) is 0 Å². The van der Waals surface area contributed by atoms with Crippen molar-refractivity contribution < 1.29 is 23.8 Å². The number of ether oxygens (including phenoxy) is 3. The number of carbonyl (C=O) groups excluding carboxylic acids is 2. The van der Waals surface area contributed by atoms with Crippen LogP contribution in [-0.4, -0.2) is 40.9 Å². The molecule has 0 saturated heterocycles. The topological polar surface area (TPSA) is 79.7 Å². The van der Waals surface area contributed by atoms with Crippen LogP contribution in [0.15, 0.2) is 54.7 Å². The Morgan fingerprint density at radius 1 is 1.00 bits per heavy atom. The average molecular weight is 461 g/mol. The van der Waals surface area contributed by atoms with Crippen molar-refractivity contribution in [3.8, 4) is 11.1 Å². The van der Waals surface area contributed by atoms with E-state index in [4.69, 9.17) is 14.2 Å². The molecule has 0 atom stereocenters. The number of rotatable bonds is 5. The van der Waals surface area contributed by atoms with Crippen LogP contribution in [0.5, 0.6) is 0 Å². The van der Waals surface area contributed by atoms with Crippen molar-refractivity contribution in [3.05, 3.63) is 66.0 Å². The van der Waals surface area contributed by atoms with Crippen LogP contribution in [0.1, 0.15) is 43.7 Å². The Kier molecular flexibility index (Phi) is 6.39. The lowest BCUT2D eigenvalue weighted by atomic mass is 10.0. The maximum atomic E-state index is 13.3. The average Bonchev–Trinajstić information content (AvgIpc) is 3.13. The first-order valence-corrected chi connectivity index (χ1v) is 11.2. The first-order chi connectivity index (χ1) is 16.2. The minimum Gasteiger partial charge on any atom is -0.461 e. The molecule has 0 aliphatic heterocycles. The molecule has 0 unspecified atom stereocenters. The predicted octanol–water partition coefficient (Wildman–Crippen LogP) is 5.96. The molecule has 4 rings (SSSR count). The highest BCUT2D eigenvalue weighted by molar-refractivity contribution is 6.16. The Hall–Kier alpha value is -3.71. The summed E-state index contributed by atoms with van der Waals surface area (Å²) in [6.45, 7) is 7.55. The molecule has 0 amide bonds. The highest BCUT2D eigenvalue weighted by Gasteiger charge is 2.27. The van der Waals surface area contributed by atoms with Crippen molar-refractivity contribution in [1.82, 2.24) is 9.55 Å². The van der Waals surface area contributed by atoms with Crippen LogP contribution < -0.4 is 0 Å². The van der Waals surface area contributed by atoms with E-state index >= 15 is 0 Å². The Balaban J connectivity index is 2.08. The zero-order chi connectivity index (χ0) is 24.5.